The Morgan fingerprint density at radius 3 is 1.45 bits per heavy atom. The number of hydrogen-bond acceptors (Lipinski definition) is 4. The maximum absolute atomic E-state index is 12.3. The zero-order valence-corrected chi connectivity index (χ0v) is 20.0. The molecule has 0 aliphatic heterocycles. The second kappa shape index (κ2) is 10.0. The van der Waals surface area contributed by atoms with E-state index in [2.05, 4.69) is 48.1 Å². The minimum atomic E-state index is -0.550. The van der Waals surface area contributed by atoms with Crippen molar-refractivity contribution in [2.75, 3.05) is 0 Å². The normalized spacial score (nSPS) is 11.9. The quantitative estimate of drug-likeness (QED) is 0.303. The van der Waals surface area contributed by atoms with Crippen LogP contribution in [0, 0.1) is 0 Å². The molecule has 0 bridgehead atoms. The Kier molecular flexibility index (Phi) is 7.94. The molecule has 2 rings (SSSR count). The molecule has 0 unspecified atom stereocenters. The van der Waals surface area contributed by atoms with Crippen molar-refractivity contribution in [3.05, 3.63) is 71.8 Å². The van der Waals surface area contributed by atoms with Crippen LogP contribution in [0.5, 0.6) is 11.5 Å². The number of carbonyl (C=O) groups is 1. The smallest absolute Gasteiger partial charge is 0.334 e. The summed E-state index contributed by atoms with van der Waals surface area (Å²) in [7, 11) is 0. The molecule has 0 spiro atoms. The first-order valence-corrected chi connectivity index (χ1v) is 10.9. The first kappa shape index (κ1) is 24.5. The molecule has 168 valence electrons. The van der Waals surface area contributed by atoms with Gasteiger partial charge in [-0.3, -0.25) is 0 Å². The average Bonchev–Trinajstić information content (AvgIpc) is 2.72. The fourth-order valence-corrected chi connectivity index (χ4v) is 2.74. The van der Waals surface area contributed by atoms with Gasteiger partial charge in [-0.25, -0.2) is 4.79 Å². The van der Waals surface area contributed by atoms with Crippen molar-refractivity contribution in [3.8, 4) is 11.5 Å². The SMILES string of the molecule is C=C(C)C(=O)OC(c1ccc(OC(C)(C)CC)cc1)c1ccc(OC(C)(C)CC)cc1. The van der Waals surface area contributed by atoms with Gasteiger partial charge in [-0.2, -0.15) is 0 Å². The van der Waals surface area contributed by atoms with Gasteiger partial charge in [0.25, 0.3) is 0 Å². The Labute approximate surface area is 187 Å². The third-order valence-corrected chi connectivity index (χ3v) is 5.43. The largest absolute Gasteiger partial charge is 0.488 e. The van der Waals surface area contributed by atoms with Crippen molar-refractivity contribution in [1.82, 2.24) is 0 Å². The summed E-state index contributed by atoms with van der Waals surface area (Å²) >= 11 is 0. The standard InChI is InChI=1S/C27H36O4/c1-9-26(5,6)30-22-15-11-20(12-16-22)24(29-25(28)19(3)4)21-13-17-23(18-14-21)31-27(7,8)10-2/h11-18,24H,3,9-10H2,1-2,4-8H3. The van der Waals surface area contributed by atoms with Gasteiger partial charge < -0.3 is 14.2 Å². The van der Waals surface area contributed by atoms with Crippen LogP contribution in [0.2, 0.25) is 0 Å². The molecule has 0 amide bonds. The van der Waals surface area contributed by atoms with Gasteiger partial charge in [0.2, 0.25) is 0 Å². The third kappa shape index (κ3) is 7.16. The summed E-state index contributed by atoms with van der Waals surface area (Å²) in [6, 6.07) is 15.4. The fraction of sp³-hybridized carbons (Fsp3) is 0.444. The molecule has 0 heterocycles. The van der Waals surface area contributed by atoms with Gasteiger partial charge in [0.05, 0.1) is 0 Å². The molecule has 2 aromatic carbocycles. The molecule has 0 atom stereocenters. The minimum Gasteiger partial charge on any atom is -0.488 e. The van der Waals surface area contributed by atoms with Gasteiger partial charge in [0.15, 0.2) is 6.10 Å². The van der Waals surface area contributed by atoms with E-state index in [0.717, 1.165) is 35.5 Å². The summed E-state index contributed by atoms with van der Waals surface area (Å²) in [4.78, 5) is 12.3. The van der Waals surface area contributed by atoms with E-state index in [9.17, 15) is 4.79 Å². The van der Waals surface area contributed by atoms with Gasteiger partial charge in [-0.1, -0.05) is 44.7 Å². The van der Waals surface area contributed by atoms with Crippen LogP contribution in [0.4, 0.5) is 0 Å². The summed E-state index contributed by atoms with van der Waals surface area (Å²) in [6.45, 7) is 17.8. The molecule has 2 aromatic rings. The molecule has 0 aliphatic carbocycles. The Morgan fingerprint density at radius 1 is 0.806 bits per heavy atom. The summed E-state index contributed by atoms with van der Waals surface area (Å²) in [5, 5.41) is 0. The number of rotatable bonds is 10. The molecule has 0 saturated heterocycles. The fourth-order valence-electron chi connectivity index (χ4n) is 2.74. The number of hydrogen-bond donors (Lipinski definition) is 0. The van der Waals surface area contributed by atoms with Crippen LogP contribution in [-0.2, 0) is 9.53 Å². The maximum atomic E-state index is 12.3. The second-order valence-electron chi connectivity index (χ2n) is 9.13. The topological polar surface area (TPSA) is 44.8 Å². The molecular formula is C27H36O4. The first-order valence-electron chi connectivity index (χ1n) is 10.9. The number of carbonyl (C=O) groups excluding carboxylic acids is 1. The van der Waals surface area contributed by atoms with E-state index in [0.29, 0.717) is 5.57 Å². The van der Waals surface area contributed by atoms with Gasteiger partial charge in [0.1, 0.15) is 22.7 Å². The molecule has 0 saturated carbocycles. The monoisotopic (exact) mass is 424 g/mol. The third-order valence-electron chi connectivity index (χ3n) is 5.43. The Balaban J connectivity index is 2.31. The Hall–Kier alpha value is -2.75. The van der Waals surface area contributed by atoms with E-state index in [-0.39, 0.29) is 11.2 Å². The van der Waals surface area contributed by atoms with Crippen LogP contribution in [-0.4, -0.2) is 17.2 Å². The van der Waals surface area contributed by atoms with Crippen molar-refractivity contribution < 1.29 is 19.0 Å². The van der Waals surface area contributed by atoms with E-state index in [1.807, 2.05) is 48.5 Å². The molecule has 0 aromatic heterocycles. The maximum Gasteiger partial charge on any atom is 0.334 e. The highest BCUT2D eigenvalue weighted by molar-refractivity contribution is 5.87. The van der Waals surface area contributed by atoms with Gasteiger partial charge >= 0.3 is 5.97 Å². The molecule has 31 heavy (non-hydrogen) atoms. The highest BCUT2D eigenvalue weighted by Crippen LogP contribution is 2.31. The predicted molar refractivity (Wildman–Crippen MR) is 126 cm³/mol. The molecular weight excluding hydrogens is 388 g/mol. The van der Waals surface area contributed by atoms with Crippen LogP contribution in [0.25, 0.3) is 0 Å². The molecule has 0 N–H and O–H groups in total. The van der Waals surface area contributed by atoms with Crippen molar-refractivity contribution in [1.29, 1.82) is 0 Å². The molecule has 4 nitrogen and oxygen atoms in total. The van der Waals surface area contributed by atoms with Crippen molar-refractivity contribution in [2.45, 2.75) is 78.6 Å². The van der Waals surface area contributed by atoms with Gasteiger partial charge in [-0.15, -0.1) is 0 Å². The summed E-state index contributed by atoms with van der Waals surface area (Å²) in [5.74, 6) is 1.14. The van der Waals surface area contributed by atoms with Crippen LogP contribution < -0.4 is 9.47 Å². The van der Waals surface area contributed by atoms with Crippen LogP contribution >= 0.6 is 0 Å². The summed E-state index contributed by atoms with van der Waals surface area (Å²) < 4.78 is 17.9. The average molecular weight is 425 g/mol. The highest BCUT2D eigenvalue weighted by atomic mass is 16.5. The molecule has 0 aliphatic rings. The number of esters is 1. The van der Waals surface area contributed by atoms with Crippen molar-refractivity contribution in [2.24, 2.45) is 0 Å². The van der Waals surface area contributed by atoms with Crippen LogP contribution in [0.1, 0.15) is 78.5 Å². The number of benzene rings is 2. The highest BCUT2D eigenvalue weighted by Gasteiger charge is 2.22. The lowest BCUT2D eigenvalue weighted by molar-refractivity contribution is -0.142. The van der Waals surface area contributed by atoms with E-state index >= 15 is 0 Å². The number of ether oxygens (including phenoxy) is 3. The lowest BCUT2D eigenvalue weighted by Crippen LogP contribution is -2.26. The molecule has 0 fully saturated rings. The predicted octanol–water partition coefficient (Wildman–Crippen LogP) is 7.03. The lowest BCUT2D eigenvalue weighted by Gasteiger charge is -2.26. The van der Waals surface area contributed by atoms with Crippen molar-refractivity contribution in [3.63, 3.8) is 0 Å². The zero-order valence-electron chi connectivity index (χ0n) is 20.0. The summed E-state index contributed by atoms with van der Waals surface area (Å²) in [5.41, 5.74) is 1.60. The zero-order chi connectivity index (χ0) is 23.2. The van der Waals surface area contributed by atoms with Crippen LogP contribution in [0.15, 0.2) is 60.7 Å². The van der Waals surface area contributed by atoms with E-state index in [1.54, 1.807) is 6.92 Å². The van der Waals surface area contributed by atoms with Crippen molar-refractivity contribution >= 4 is 5.97 Å². The first-order chi connectivity index (χ1) is 14.5. The van der Waals surface area contributed by atoms with E-state index in [1.165, 1.54) is 0 Å². The Morgan fingerprint density at radius 2 is 1.16 bits per heavy atom. The lowest BCUT2D eigenvalue weighted by atomic mass is 10.0. The Bertz CT molecular complexity index is 815. The molecule has 4 heteroatoms. The van der Waals surface area contributed by atoms with E-state index in [4.69, 9.17) is 14.2 Å². The second-order valence-corrected chi connectivity index (χ2v) is 9.13. The molecule has 0 radical (unpaired) electrons. The van der Waals surface area contributed by atoms with Gasteiger partial charge in [0, 0.05) is 5.57 Å². The van der Waals surface area contributed by atoms with E-state index < -0.39 is 12.1 Å². The summed E-state index contributed by atoms with van der Waals surface area (Å²) in [6.07, 6.45) is 1.25. The minimum absolute atomic E-state index is 0.241. The van der Waals surface area contributed by atoms with Crippen LogP contribution in [0.3, 0.4) is 0 Å². The van der Waals surface area contributed by atoms with Gasteiger partial charge in [-0.05, 0) is 82.9 Å².